The first-order valence-corrected chi connectivity index (χ1v) is 19.0. The summed E-state index contributed by atoms with van der Waals surface area (Å²) in [6.07, 6.45) is 27.2. The zero-order valence-electron chi connectivity index (χ0n) is 26.7. The summed E-state index contributed by atoms with van der Waals surface area (Å²) in [5.74, 6) is 2.90. The molecule has 4 nitrogen and oxygen atoms in total. The van der Waals surface area contributed by atoms with Crippen molar-refractivity contribution < 1.29 is 0 Å². The number of hydrogen-bond donors (Lipinski definition) is 0. The second-order valence-corrected chi connectivity index (χ2v) is 17.9. The van der Waals surface area contributed by atoms with Crippen LogP contribution in [0, 0.1) is 10.8 Å². The Balaban J connectivity index is 1.75. The van der Waals surface area contributed by atoms with Gasteiger partial charge in [0.2, 0.25) is 0 Å². The zero-order valence-corrected chi connectivity index (χ0v) is 28.8. The summed E-state index contributed by atoms with van der Waals surface area (Å²) >= 11 is -0.615. The molecule has 0 heterocycles. The van der Waals surface area contributed by atoms with Gasteiger partial charge in [-0.2, -0.15) is 0 Å². The SMILES string of the molecule is CC(C)(C)C(=NC1CCCCC1)[N]([Ge][N](C(=NC1CCCCC1)C(C)(C)C)C1CCCCC1)C1CCCCC1. The quantitative estimate of drug-likeness (QED) is 0.173. The van der Waals surface area contributed by atoms with Crippen LogP contribution in [0.4, 0.5) is 0 Å². The van der Waals surface area contributed by atoms with Crippen LogP contribution in [0.5, 0.6) is 0 Å². The molecule has 0 atom stereocenters. The van der Waals surface area contributed by atoms with Crippen LogP contribution in [0.25, 0.3) is 0 Å². The first kappa shape index (κ1) is 31.4. The van der Waals surface area contributed by atoms with E-state index < -0.39 is 15.9 Å². The Kier molecular flexibility index (Phi) is 11.8. The molecular formula is C34H62GeN4. The van der Waals surface area contributed by atoms with E-state index >= 15 is 0 Å². The van der Waals surface area contributed by atoms with Crippen molar-refractivity contribution in [3.8, 4) is 0 Å². The van der Waals surface area contributed by atoms with Gasteiger partial charge in [-0.05, 0) is 0 Å². The van der Waals surface area contributed by atoms with Crippen LogP contribution in [-0.4, -0.2) is 59.4 Å². The second-order valence-electron chi connectivity index (χ2n) is 15.4. The van der Waals surface area contributed by atoms with E-state index in [1.807, 2.05) is 0 Å². The summed E-state index contributed by atoms with van der Waals surface area (Å²) in [4.78, 5) is 11.5. The molecule has 0 aromatic carbocycles. The summed E-state index contributed by atoms with van der Waals surface area (Å²) in [5, 5.41) is 0. The fraction of sp³-hybridized carbons (Fsp3) is 0.941. The van der Waals surface area contributed by atoms with Gasteiger partial charge in [-0.25, -0.2) is 0 Å². The van der Waals surface area contributed by atoms with Gasteiger partial charge in [0.05, 0.1) is 0 Å². The molecule has 4 aliphatic rings. The standard InChI is InChI=1S/C34H62GeN4/c1-33(2,3)31(36-27-19-11-7-12-20-27)38(29-23-15-9-16-24-29)35-39(30-25-17-10-18-26-30)32(34(4,5)6)37-28-21-13-8-14-22-28/h27-30H,7-26H2,1-6H3. The first-order valence-electron chi connectivity index (χ1n) is 17.1. The normalized spacial score (nSPS) is 24.7. The topological polar surface area (TPSA) is 31.2 Å². The van der Waals surface area contributed by atoms with E-state index in [0.717, 1.165) is 0 Å². The van der Waals surface area contributed by atoms with E-state index in [4.69, 9.17) is 9.98 Å². The first-order chi connectivity index (χ1) is 18.6. The molecule has 4 fully saturated rings. The van der Waals surface area contributed by atoms with Gasteiger partial charge >= 0.3 is 250 Å². The number of nitrogens with zero attached hydrogens (tertiary/aromatic N) is 4. The Hall–Kier alpha value is -0.517. The fourth-order valence-corrected chi connectivity index (χ4v) is 11.7. The van der Waals surface area contributed by atoms with Gasteiger partial charge in [-0.3, -0.25) is 0 Å². The molecule has 0 aromatic rings. The molecule has 5 heteroatoms. The average molecular weight is 600 g/mol. The number of hydrogen-bond acceptors (Lipinski definition) is 2. The van der Waals surface area contributed by atoms with Crippen LogP contribution in [0.2, 0.25) is 0 Å². The zero-order chi connectivity index (χ0) is 27.9. The predicted molar refractivity (Wildman–Crippen MR) is 171 cm³/mol. The molecule has 0 aliphatic heterocycles. The van der Waals surface area contributed by atoms with E-state index in [0.29, 0.717) is 24.2 Å². The molecule has 2 radical (unpaired) electrons. The molecule has 0 bridgehead atoms. The van der Waals surface area contributed by atoms with E-state index in [9.17, 15) is 0 Å². The summed E-state index contributed by atoms with van der Waals surface area (Å²) in [6, 6.07) is 2.41. The summed E-state index contributed by atoms with van der Waals surface area (Å²) in [6.45, 7) is 14.7. The Morgan fingerprint density at radius 1 is 0.462 bits per heavy atom. The van der Waals surface area contributed by atoms with Crippen LogP contribution in [0.1, 0.15) is 170 Å². The van der Waals surface area contributed by atoms with Crippen molar-refractivity contribution in [2.45, 2.75) is 194 Å². The second kappa shape index (κ2) is 14.6. The third-order valence-electron chi connectivity index (χ3n) is 9.65. The van der Waals surface area contributed by atoms with Crippen LogP contribution in [0.15, 0.2) is 9.98 Å². The molecular weight excluding hydrogens is 537 g/mol. The van der Waals surface area contributed by atoms with Gasteiger partial charge in [-0.15, -0.1) is 0 Å². The van der Waals surface area contributed by atoms with Crippen molar-refractivity contribution >= 4 is 27.5 Å². The van der Waals surface area contributed by atoms with Crippen molar-refractivity contribution in [1.82, 2.24) is 7.71 Å². The molecule has 0 saturated heterocycles. The van der Waals surface area contributed by atoms with Crippen molar-refractivity contribution in [3.63, 3.8) is 0 Å². The number of aliphatic imine (C=N–C) groups is 2. The number of rotatable bonds is 6. The van der Waals surface area contributed by atoms with Gasteiger partial charge in [0, 0.05) is 0 Å². The van der Waals surface area contributed by atoms with E-state index in [-0.39, 0.29) is 10.8 Å². The molecule has 222 valence electrons. The molecule has 0 spiro atoms. The summed E-state index contributed by atoms with van der Waals surface area (Å²) in [5.41, 5.74) is 0.165. The maximum absolute atomic E-state index is 5.73. The maximum atomic E-state index is 5.73. The molecule has 4 aliphatic carbocycles. The van der Waals surface area contributed by atoms with E-state index in [1.54, 1.807) is 0 Å². The van der Waals surface area contributed by atoms with Crippen LogP contribution in [-0.2, 0) is 0 Å². The van der Waals surface area contributed by atoms with Gasteiger partial charge in [0.25, 0.3) is 0 Å². The van der Waals surface area contributed by atoms with Gasteiger partial charge in [0.1, 0.15) is 0 Å². The Morgan fingerprint density at radius 3 is 1.03 bits per heavy atom. The summed E-state index contributed by atoms with van der Waals surface area (Å²) < 4.78 is 5.95. The van der Waals surface area contributed by atoms with Crippen LogP contribution >= 0.6 is 0 Å². The Labute approximate surface area is 249 Å². The predicted octanol–water partition coefficient (Wildman–Crippen LogP) is 9.34. The average Bonchev–Trinajstić information content (AvgIpc) is 2.93. The molecule has 0 aromatic heterocycles. The molecule has 39 heavy (non-hydrogen) atoms. The Morgan fingerprint density at radius 2 is 0.744 bits per heavy atom. The number of amidine groups is 2. The molecule has 0 amide bonds. The molecule has 4 saturated carbocycles. The minimum atomic E-state index is -0.615. The van der Waals surface area contributed by atoms with Crippen LogP contribution < -0.4 is 0 Å². The molecule has 4 rings (SSSR count). The summed E-state index contributed by atoms with van der Waals surface area (Å²) in [7, 11) is 0. The van der Waals surface area contributed by atoms with Gasteiger partial charge < -0.3 is 0 Å². The van der Waals surface area contributed by atoms with Crippen molar-refractivity contribution in [3.05, 3.63) is 0 Å². The monoisotopic (exact) mass is 600 g/mol. The molecule has 0 N–H and O–H groups in total. The van der Waals surface area contributed by atoms with Gasteiger partial charge in [-0.1, -0.05) is 0 Å². The fourth-order valence-electron chi connectivity index (χ4n) is 7.40. The molecule has 0 unspecified atom stereocenters. The van der Waals surface area contributed by atoms with Crippen LogP contribution in [0.3, 0.4) is 0 Å². The minimum absolute atomic E-state index is 0.0824. The van der Waals surface area contributed by atoms with Gasteiger partial charge in [0.15, 0.2) is 0 Å². The van der Waals surface area contributed by atoms with E-state index in [2.05, 4.69) is 49.3 Å². The van der Waals surface area contributed by atoms with E-state index in [1.165, 1.54) is 140 Å². The van der Waals surface area contributed by atoms with Crippen molar-refractivity contribution in [2.75, 3.05) is 0 Å². The van der Waals surface area contributed by atoms with Crippen molar-refractivity contribution in [2.24, 2.45) is 20.8 Å². The third-order valence-corrected chi connectivity index (χ3v) is 13.0. The Bertz CT molecular complexity index is 717. The van der Waals surface area contributed by atoms with Crippen molar-refractivity contribution in [1.29, 1.82) is 0 Å². The third kappa shape index (κ3) is 9.24.